The molecule has 6 amide bonds. The van der Waals surface area contributed by atoms with Gasteiger partial charge in [0.25, 0.3) is 5.91 Å². The third-order valence-electron chi connectivity index (χ3n) is 7.43. The zero-order chi connectivity index (χ0) is 30.6. The maximum atomic E-state index is 13.1. The van der Waals surface area contributed by atoms with Gasteiger partial charge in [-0.2, -0.15) is 0 Å². The molecule has 2 aliphatic heterocycles. The Labute approximate surface area is 247 Å². The lowest BCUT2D eigenvalue weighted by atomic mass is 10.1. The minimum Gasteiger partial charge on any atom is -0.493 e. The predicted octanol–water partition coefficient (Wildman–Crippen LogP) is 0.466. The molecular formula is C29H44N6O7. The average Bonchev–Trinajstić information content (AvgIpc) is 3.29. The van der Waals surface area contributed by atoms with E-state index in [1.54, 1.807) is 52.8 Å². The summed E-state index contributed by atoms with van der Waals surface area (Å²) in [4.78, 5) is 69.7. The second-order valence-electron chi connectivity index (χ2n) is 10.7. The Kier molecular flexibility index (Phi) is 12.2. The fourth-order valence-electron chi connectivity index (χ4n) is 4.89. The predicted molar refractivity (Wildman–Crippen MR) is 155 cm³/mol. The highest BCUT2D eigenvalue weighted by molar-refractivity contribution is 5.88. The maximum absolute atomic E-state index is 13.1. The van der Waals surface area contributed by atoms with Gasteiger partial charge >= 0.3 is 6.03 Å². The SMILES string of the molecule is COc1ccc2cc1OCC(=O)N[C@@H](C)C(=O)N(C)CCCCN(C(=O)CN1CCN(C)C1=O)CCCNC(=O)CC2. The van der Waals surface area contributed by atoms with Crippen LogP contribution in [0, 0.1) is 0 Å². The molecule has 2 N–H and O–H groups in total. The molecule has 1 atom stereocenters. The molecule has 13 heteroatoms. The number of amides is 6. The first-order chi connectivity index (χ1) is 20.1. The van der Waals surface area contributed by atoms with Crippen LogP contribution in [0.5, 0.6) is 11.5 Å². The molecule has 3 rings (SSSR count). The van der Waals surface area contributed by atoms with E-state index in [0.29, 0.717) is 76.5 Å². The summed E-state index contributed by atoms with van der Waals surface area (Å²) in [6.07, 6.45) is 2.58. The highest BCUT2D eigenvalue weighted by atomic mass is 16.5. The van der Waals surface area contributed by atoms with Crippen molar-refractivity contribution >= 4 is 29.7 Å². The van der Waals surface area contributed by atoms with Gasteiger partial charge in [-0.3, -0.25) is 19.2 Å². The summed E-state index contributed by atoms with van der Waals surface area (Å²) in [6, 6.07) is 4.39. The lowest BCUT2D eigenvalue weighted by molar-refractivity contribution is -0.135. The second kappa shape index (κ2) is 15.8. The highest BCUT2D eigenvalue weighted by Gasteiger charge is 2.28. The molecule has 13 nitrogen and oxygen atoms in total. The molecule has 2 aliphatic rings. The topological polar surface area (TPSA) is 141 Å². The van der Waals surface area contributed by atoms with Crippen molar-refractivity contribution in [2.24, 2.45) is 0 Å². The van der Waals surface area contributed by atoms with Crippen LogP contribution >= 0.6 is 0 Å². The number of hydrogen-bond donors (Lipinski definition) is 2. The fraction of sp³-hybridized carbons (Fsp3) is 0.621. The molecule has 42 heavy (non-hydrogen) atoms. The number of rotatable bonds is 3. The standard InChI is InChI=1S/C29H44N6O7/c1-21-28(39)32(2)13-5-6-14-34(27(38)19-35-17-16-33(3)29(35)40)15-7-12-30-25(36)11-9-22-8-10-23(41-4)24(18-22)42-20-26(37)31-21/h8,10,18,21H,5-7,9,11-17,19-20H2,1-4H3,(H,30,36)(H,31,37)/t21-/m0/s1. The van der Waals surface area contributed by atoms with Crippen LogP contribution in [0.4, 0.5) is 4.79 Å². The number of aryl methyl sites for hydroxylation is 1. The van der Waals surface area contributed by atoms with E-state index in [1.165, 1.54) is 7.11 Å². The zero-order valence-corrected chi connectivity index (χ0v) is 25.1. The molecule has 0 saturated carbocycles. The fourth-order valence-corrected chi connectivity index (χ4v) is 4.89. The number of ether oxygens (including phenoxy) is 2. The molecule has 232 valence electrons. The van der Waals surface area contributed by atoms with Crippen molar-refractivity contribution < 1.29 is 33.4 Å². The molecule has 1 aromatic rings. The summed E-state index contributed by atoms with van der Waals surface area (Å²) in [6.45, 7) is 4.20. The molecule has 1 saturated heterocycles. The quantitative estimate of drug-likeness (QED) is 0.523. The number of fused-ring (bicyclic) bond motifs is 2. The lowest BCUT2D eigenvalue weighted by Gasteiger charge is -2.26. The van der Waals surface area contributed by atoms with E-state index in [1.807, 2.05) is 6.07 Å². The summed E-state index contributed by atoms with van der Waals surface area (Å²) >= 11 is 0. The number of carbonyl (C=O) groups excluding carboxylic acids is 5. The van der Waals surface area contributed by atoms with Gasteiger partial charge in [-0.1, -0.05) is 6.07 Å². The van der Waals surface area contributed by atoms with Crippen LogP contribution in [0.2, 0.25) is 0 Å². The van der Waals surface area contributed by atoms with E-state index in [4.69, 9.17) is 9.47 Å². The molecule has 0 radical (unpaired) electrons. The van der Waals surface area contributed by atoms with Crippen LogP contribution in [-0.4, -0.2) is 129 Å². The van der Waals surface area contributed by atoms with Gasteiger partial charge in [0.15, 0.2) is 18.1 Å². The van der Waals surface area contributed by atoms with Crippen LogP contribution in [0.1, 0.15) is 38.2 Å². The Balaban J connectivity index is 1.68. The average molecular weight is 589 g/mol. The smallest absolute Gasteiger partial charge is 0.320 e. The van der Waals surface area contributed by atoms with Crippen LogP contribution in [-0.2, 0) is 25.6 Å². The minimum absolute atomic E-state index is 0.0126. The van der Waals surface area contributed by atoms with Crippen molar-refractivity contribution in [2.45, 2.75) is 45.1 Å². The molecule has 1 fully saturated rings. The van der Waals surface area contributed by atoms with Gasteiger partial charge in [-0.25, -0.2) is 4.79 Å². The van der Waals surface area contributed by atoms with Crippen LogP contribution < -0.4 is 20.1 Å². The number of benzene rings is 1. The monoisotopic (exact) mass is 588 g/mol. The maximum Gasteiger partial charge on any atom is 0.320 e. The van der Waals surface area contributed by atoms with Crippen molar-refractivity contribution in [3.63, 3.8) is 0 Å². The van der Waals surface area contributed by atoms with Crippen molar-refractivity contribution in [2.75, 3.05) is 73.6 Å². The summed E-state index contributed by atoms with van der Waals surface area (Å²) in [7, 11) is 4.89. The third-order valence-corrected chi connectivity index (χ3v) is 7.43. The van der Waals surface area contributed by atoms with E-state index in [2.05, 4.69) is 10.6 Å². The Hall–Kier alpha value is -4.03. The van der Waals surface area contributed by atoms with Gasteiger partial charge in [-0.15, -0.1) is 0 Å². The summed E-state index contributed by atoms with van der Waals surface area (Å²) < 4.78 is 11.0. The molecule has 0 unspecified atom stereocenters. The first kappa shape index (κ1) is 32.5. The van der Waals surface area contributed by atoms with Gasteiger partial charge in [0, 0.05) is 59.8 Å². The summed E-state index contributed by atoms with van der Waals surface area (Å²) in [5.41, 5.74) is 0.840. The van der Waals surface area contributed by atoms with E-state index < -0.39 is 11.9 Å². The van der Waals surface area contributed by atoms with Crippen molar-refractivity contribution in [1.29, 1.82) is 0 Å². The van der Waals surface area contributed by atoms with Crippen LogP contribution in [0.3, 0.4) is 0 Å². The van der Waals surface area contributed by atoms with Crippen LogP contribution in [0.25, 0.3) is 0 Å². The van der Waals surface area contributed by atoms with E-state index in [0.717, 1.165) is 5.56 Å². The Morgan fingerprint density at radius 2 is 1.69 bits per heavy atom. The van der Waals surface area contributed by atoms with E-state index in [-0.39, 0.29) is 43.3 Å². The summed E-state index contributed by atoms with van der Waals surface area (Å²) in [5.74, 6) is -0.108. The molecule has 1 aromatic carbocycles. The molecule has 2 bridgehead atoms. The molecule has 2 heterocycles. The zero-order valence-electron chi connectivity index (χ0n) is 25.1. The number of hydrogen-bond acceptors (Lipinski definition) is 7. The summed E-state index contributed by atoms with van der Waals surface area (Å²) in [5, 5.41) is 5.59. The van der Waals surface area contributed by atoms with Gasteiger partial charge < -0.3 is 39.7 Å². The van der Waals surface area contributed by atoms with E-state index >= 15 is 0 Å². The number of carbonyl (C=O) groups is 5. The molecule has 0 aliphatic carbocycles. The Morgan fingerprint density at radius 3 is 2.40 bits per heavy atom. The number of nitrogens with zero attached hydrogens (tertiary/aromatic N) is 4. The van der Waals surface area contributed by atoms with Crippen molar-refractivity contribution in [3.05, 3.63) is 23.8 Å². The lowest BCUT2D eigenvalue weighted by Crippen LogP contribution is -2.47. The number of nitrogens with one attached hydrogen (secondary N) is 2. The van der Waals surface area contributed by atoms with Crippen molar-refractivity contribution in [1.82, 2.24) is 30.2 Å². The van der Waals surface area contributed by atoms with Crippen molar-refractivity contribution in [3.8, 4) is 11.5 Å². The second-order valence-corrected chi connectivity index (χ2v) is 10.7. The molecular weight excluding hydrogens is 544 g/mol. The number of likely N-dealkylation sites (N-methyl/N-ethyl adjacent to an activating group) is 2. The molecule has 0 spiro atoms. The van der Waals surface area contributed by atoms with E-state index in [9.17, 15) is 24.0 Å². The van der Waals surface area contributed by atoms with Gasteiger partial charge in [0.1, 0.15) is 12.6 Å². The van der Waals surface area contributed by atoms with Gasteiger partial charge in [-0.05, 0) is 50.3 Å². The first-order valence-electron chi connectivity index (χ1n) is 14.5. The minimum atomic E-state index is -0.745. The Bertz CT molecular complexity index is 1130. The number of urea groups is 1. The molecule has 0 aromatic heterocycles. The van der Waals surface area contributed by atoms with Gasteiger partial charge in [0.05, 0.1) is 7.11 Å². The Morgan fingerprint density at radius 1 is 0.952 bits per heavy atom. The largest absolute Gasteiger partial charge is 0.493 e. The normalized spacial score (nSPS) is 20.7. The first-order valence-corrected chi connectivity index (χ1v) is 14.5. The van der Waals surface area contributed by atoms with Gasteiger partial charge in [0.2, 0.25) is 17.7 Å². The van der Waals surface area contributed by atoms with Crippen LogP contribution in [0.15, 0.2) is 18.2 Å². The number of methoxy groups -OCH3 is 1. The third kappa shape index (κ3) is 9.52. The highest BCUT2D eigenvalue weighted by Crippen LogP contribution is 2.28.